The number of rotatable bonds is 0. The van der Waals surface area contributed by atoms with E-state index in [9.17, 15) is 0 Å². The van der Waals surface area contributed by atoms with Crippen molar-refractivity contribution in [3.05, 3.63) is 0 Å². The van der Waals surface area contributed by atoms with Gasteiger partial charge in [-0.25, -0.2) is 0 Å². The molecule has 0 aromatic rings. The molecule has 0 saturated heterocycles. The van der Waals surface area contributed by atoms with Gasteiger partial charge in [-0.05, 0) is 0 Å². The van der Waals surface area contributed by atoms with E-state index >= 15 is 0 Å². The maximum atomic E-state index is 8.52. The van der Waals surface area contributed by atoms with Crippen LogP contribution in [0, 0.1) is 0 Å². The summed E-state index contributed by atoms with van der Waals surface area (Å²) >= 11 is 1.06. The van der Waals surface area contributed by atoms with Crippen LogP contribution in [0.4, 0.5) is 0 Å². The molecule has 0 saturated carbocycles. The van der Waals surface area contributed by atoms with E-state index in [1.165, 1.54) is 0 Å². The second-order valence-electron chi connectivity index (χ2n) is 0.408. The average Bonchev–Trinajstić information content (AvgIpc) is 1.36. The first kappa shape index (κ1) is 43.6. The molecule has 0 atom stereocenters. The van der Waals surface area contributed by atoms with Crippen LogP contribution in [0.2, 0.25) is 0 Å². The van der Waals surface area contributed by atoms with Crippen LogP contribution in [0.15, 0.2) is 0 Å². The molecule has 0 fully saturated rings. The zero-order valence-corrected chi connectivity index (χ0v) is 7.11. The topological polar surface area (TPSA) is 223 Å². The molecule has 0 bridgehead atoms. The molecule has 73 valence electrons. The van der Waals surface area contributed by atoms with Crippen molar-refractivity contribution in [1.82, 2.24) is 0 Å². The Morgan fingerprint density at radius 2 is 0.818 bits per heavy atom. The fourth-order valence-electron chi connectivity index (χ4n) is 0. The van der Waals surface area contributed by atoms with Crippen LogP contribution in [-0.4, -0.2) is 39.4 Å². The summed E-state index contributed by atoms with van der Waals surface area (Å²) in [5, 5.41) is 0. The fraction of sp³-hybridized carbons (Fsp3) is 0. The van der Waals surface area contributed by atoms with E-state index < -0.39 is 10.4 Å². The van der Waals surface area contributed by atoms with Gasteiger partial charge in [-0.3, -0.25) is 8.42 Å². The zero-order valence-electron chi connectivity index (χ0n) is 4.90. The van der Waals surface area contributed by atoms with Crippen LogP contribution < -0.4 is 0 Å². The van der Waals surface area contributed by atoms with Crippen molar-refractivity contribution in [3.63, 3.8) is 0 Å². The van der Waals surface area contributed by atoms with E-state index in [0.717, 1.165) is 17.4 Å². The Kier molecular flexibility index (Phi) is 89.0. The Morgan fingerprint density at radius 1 is 0.818 bits per heavy atom. The molecule has 11 heavy (non-hydrogen) atoms. The molecule has 0 heterocycles. The average molecular weight is 235 g/mol. The Balaban J connectivity index is -0.00000000972. The molecule has 0 unspecified atom stereocenters. The molecular formula is H8O9SV. The summed E-state index contributed by atoms with van der Waals surface area (Å²) < 4.78 is 42.3. The molecule has 8 N–H and O–H groups in total. The van der Waals surface area contributed by atoms with Gasteiger partial charge in [0.05, 0.1) is 0 Å². The first-order valence-corrected chi connectivity index (χ1v) is 2.75. The summed E-state index contributed by atoms with van der Waals surface area (Å²) in [4.78, 5) is 0. The third-order valence-corrected chi connectivity index (χ3v) is 0. The van der Waals surface area contributed by atoms with E-state index in [1.807, 2.05) is 0 Å². The summed E-state index contributed by atoms with van der Waals surface area (Å²) in [6, 6.07) is 0. The minimum absolute atomic E-state index is 0. The van der Waals surface area contributed by atoms with Gasteiger partial charge in [0.25, 0.3) is 0 Å². The minimum atomic E-state index is -5.17. The van der Waals surface area contributed by atoms with E-state index in [0.29, 0.717) is 0 Å². The van der Waals surface area contributed by atoms with Crippen molar-refractivity contribution in [1.29, 1.82) is 0 Å². The molecule has 11 heteroatoms. The molecule has 0 aromatic heterocycles. The Bertz CT molecular complexity index is 104. The van der Waals surface area contributed by atoms with Crippen LogP contribution in [0.3, 0.4) is 0 Å². The first-order chi connectivity index (χ1) is 3.00. The molecule has 0 aliphatic carbocycles. The second-order valence-corrected chi connectivity index (χ2v) is 1.22. The maximum absolute atomic E-state index is 8.52. The van der Waals surface area contributed by atoms with Crippen molar-refractivity contribution in [3.8, 4) is 0 Å². The summed E-state index contributed by atoms with van der Waals surface area (Å²) in [5.41, 5.74) is 0. The SMILES string of the molecule is O.O.O.O.O=S(=O)([O-])[O-].[O]=[V+2]. The molecular weight excluding hydrogens is 227 g/mol. The van der Waals surface area contributed by atoms with Gasteiger partial charge in [0, 0.05) is 10.4 Å². The molecule has 0 amide bonds. The molecule has 0 aromatic carbocycles. The fourth-order valence-corrected chi connectivity index (χ4v) is 0. The van der Waals surface area contributed by atoms with Crippen molar-refractivity contribution >= 4 is 10.4 Å². The Hall–Kier alpha value is 0.0944. The van der Waals surface area contributed by atoms with Crippen LogP contribution in [0.25, 0.3) is 0 Å². The molecule has 0 radical (unpaired) electrons. The summed E-state index contributed by atoms with van der Waals surface area (Å²) in [6.07, 6.45) is 0. The normalized spacial score (nSPS) is 5.82. The Morgan fingerprint density at radius 3 is 0.818 bits per heavy atom. The van der Waals surface area contributed by atoms with Gasteiger partial charge in [0.15, 0.2) is 0 Å². The van der Waals surface area contributed by atoms with Gasteiger partial charge >= 0.3 is 21.0 Å². The van der Waals surface area contributed by atoms with Gasteiger partial charge in [0.2, 0.25) is 0 Å². The third-order valence-electron chi connectivity index (χ3n) is 0. The van der Waals surface area contributed by atoms with Crippen LogP contribution in [0.5, 0.6) is 0 Å². The zero-order chi connectivity index (χ0) is 6.50. The summed E-state index contributed by atoms with van der Waals surface area (Å²) in [7, 11) is -5.17. The van der Waals surface area contributed by atoms with Gasteiger partial charge in [0.1, 0.15) is 0 Å². The van der Waals surface area contributed by atoms with Gasteiger partial charge in [-0.2, -0.15) is 0 Å². The quantitative estimate of drug-likeness (QED) is 0.296. The molecule has 0 rings (SSSR count). The molecule has 0 aliphatic rings. The van der Waals surface area contributed by atoms with E-state index in [-0.39, 0.29) is 21.9 Å². The Labute approximate surface area is 71.4 Å². The van der Waals surface area contributed by atoms with E-state index in [2.05, 4.69) is 0 Å². The molecule has 9 nitrogen and oxygen atoms in total. The molecule has 0 aliphatic heterocycles. The number of hydrogen-bond acceptors (Lipinski definition) is 5. The van der Waals surface area contributed by atoms with Crippen molar-refractivity contribution in [2.45, 2.75) is 0 Å². The standard InChI is InChI=1S/H2O4S.4H2O.O.V/c1-5(2,3)4;;;;;;/h(H2,1,2,3,4);4*1H2;;/q;;;;;;+2/p-2. The van der Waals surface area contributed by atoms with Crippen molar-refractivity contribution in [2.24, 2.45) is 0 Å². The summed E-state index contributed by atoms with van der Waals surface area (Å²) in [5.74, 6) is 0. The van der Waals surface area contributed by atoms with Crippen LogP contribution in [-0.2, 0) is 31.4 Å². The van der Waals surface area contributed by atoms with Gasteiger partial charge in [-0.15, -0.1) is 0 Å². The van der Waals surface area contributed by atoms with Gasteiger partial charge < -0.3 is 31.0 Å². The van der Waals surface area contributed by atoms with Crippen LogP contribution in [0.1, 0.15) is 0 Å². The second kappa shape index (κ2) is 22.5. The van der Waals surface area contributed by atoms with Crippen molar-refractivity contribution in [2.75, 3.05) is 0 Å². The first-order valence-electron chi connectivity index (χ1n) is 0.849. The monoisotopic (exact) mass is 235 g/mol. The third kappa shape index (κ3) is 74200. The predicted octanol–water partition coefficient (Wildman–Crippen LogP) is -4.76. The predicted molar refractivity (Wildman–Crippen MR) is 25.6 cm³/mol. The van der Waals surface area contributed by atoms with Crippen molar-refractivity contribution < 1.29 is 60.5 Å². The number of hydrogen-bond donors (Lipinski definition) is 0. The molecule has 0 spiro atoms. The van der Waals surface area contributed by atoms with E-state index in [1.54, 1.807) is 0 Å². The summed E-state index contributed by atoms with van der Waals surface area (Å²) in [6.45, 7) is 0. The van der Waals surface area contributed by atoms with Gasteiger partial charge in [-0.1, -0.05) is 0 Å². The van der Waals surface area contributed by atoms with Crippen LogP contribution >= 0.6 is 0 Å². The van der Waals surface area contributed by atoms with E-state index in [4.69, 9.17) is 21.2 Å².